The van der Waals surface area contributed by atoms with Gasteiger partial charge in [0.2, 0.25) is 5.91 Å². The average Bonchev–Trinajstić information content (AvgIpc) is 2.54. The van der Waals surface area contributed by atoms with E-state index in [4.69, 9.17) is 0 Å². The van der Waals surface area contributed by atoms with E-state index in [0.717, 1.165) is 24.8 Å². The molecule has 0 unspecified atom stereocenters. The molecule has 0 aromatic heterocycles. The second-order valence-corrected chi connectivity index (χ2v) is 10.4. The van der Waals surface area contributed by atoms with Gasteiger partial charge in [-0.1, -0.05) is 57.5 Å². The van der Waals surface area contributed by atoms with Gasteiger partial charge in [-0.15, -0.1) is 0 Å². The van der Waals surface area contributed by atoms with E-state index in [1.807, 2.05) is 30.3 Å². The summed E-state index contributed by atoms with van der Waals surface area (Å²) in [6, 6.07) is 9.94. The van der Waals surface area contributed by atoms with Gasteiger partial charge in [-0.25, -0.2) is 8.42 Å². The molecule has 1 aromatic carbocycles. The van der Waals surface area contributed by atoms with Gasteiger partial charge in [0.1, 0.15) is 5.75 Å². The van der Waals surface area contributed by atoms with Crippen LogP contribution in [0.5, 0.6) is 0 Å². The van der Waals surface area contributed by atoms with Crippen LogP contribution < -0.4 is 5.32 Å². The Balaban J connectivity index is 1.82. The highest BCUT2D eigenvalue weighted by Crippen LogP contribution is 2.33. The van der Waals surface area contributed by atoms with Crippen LogP contribution in [0.2, 0.25) is 0 Å². The standard InChI is InChI=1S/C21H33NO3S/c1-16(2)19-12-11-17(3)14-20(19)22-21(23)15-26(24,25)13-7-10-18-8-5-4-6-9-18/h4-6,8-9,16-17,19-20H,7,10-15H2,1-3H3,(H,22,23)/t17-,19+,20-/m1/s1. The number of hydrogen-bond donors (Lipinski definition) is 1. The number of amides is 1. The molecule has 26 heavy (non-hydrogen) atoms. The minimum Gasteiger partial charge on any atom is -0.352 e. The summed E-state index contributed by atoms with van der Waals surface area (Å²) in [6.07, 6.45) is 4.51. The third kappa shape index (κ3) is 6.75. The van der Waals surface area contributed by atoms with Gasteiger partial charge in [0.15, 0.2) is 9.84 Å². The predicted octanol–water partition coefficient (Wildman–Crippen LogP) is 3.61. The average molecular weight is 380 g/mol. The van der Waals surface area contributed by atoms with E-state index in [1.165, 1.54) is 6.42 Å². The van der Waals surface area contributed by atoms with Crippen molar-refractivity contribution in [2.45, 2.75) is 58.9 Å². The fraction of sp³-hybridized carbons (Fsp3) is 0.667. The number of nitrogens with one attached hydrogen (secondary N) is 1. The van der Waals surface area contributed by atoms with E-state index in [1.54, 1.807) is 0 Å². The van der Waals surface area contributed by atoms with Crippen molar-refractivity contribution in [2.75, 3.05) is 11.5 Å². The SMILES string of the molecule is CC(C)[C@@H]1CC[C@@H](C)C[C@H]1NC(=O)CS(=O)(=O)CCCc1ccccc1. The van der Waals surface area contributed by atoms with Crippen LogP contribution in [0, 0.1) is 17.8 Å². The van der Waals surface area contributed by atoms with Gasteiger partial charge in [0.25, 0.3) is 0 Å². The molecule has 2 rings (SSSR count). The lowest BCUT2D eigenvalue weighted by Crippen LogP contribution is -2.47. The van der Waals surface area contributed by atoms with Crippen molar-refractivity contribution in [3.8, 4) is 0 Å². The molecule has 0 radical (unpaired) electrons. The number of aryl methyl sites for hydroxylation is 1. The number of benzene rings is 1. The predicted molar refractivity (Wildman–Crippen MR) is 107 cm³/mol. The van der Waals surface area contributed by atoms with E-state index in [-0.39, 0.29) is 17.7 Å². The molecule has 0 heterocycles. The lowest BCUT2D eigenvalue weighted by atomic mass is 9.74. The zero-order valence-corrected chi connectivity index (χ0v) is 17.1. The molecule has 1 aromatic rings. The smallest absolute Gasteiger partial charge is 0.235 e. The van der Waals surface area contributed by atoms with Crippen molar-refractivity contribution in [1.82, 2.24) is 5.32 Å². The van der Waals surface area contributed by atoms with E-state index in [9.17, 15) is 13.2 Å². The maximum absolute atomic E-state index is 12.3. The Morgan fingerprint density at radius 1 is 1.19 bits per heavy atom. The minimum atomic E-state index is -3.37. The van der Waals surface area contributed by atoms with Crippen LogP contribution in [0.25, 0.3) is 0 Å². The monoisotopic (exact) mass is 379 g/mol. The molecule has 1 saturated carbocycles. The largest absolute Gasteiger partial charge is 0.352 e. The first-order chi connectivity index (χ1) is 12.3. The molecule has 0 aliphatic heterocycles. The van der Waals surface area contributed by atoms with E-state index in [0.29, 0.717) is 24.2 Å². The van der Waals surface area contributed by atoms with Crippen LogP contribution in [0.1, 0.15) is 52.0 Å². The summed E-state index contributed by atoms with van der Waals surface area (Å²) in [7, 11) is -3.37. The Morgan fingerprint density at radius 2 is 1.88 bits per heavy atom. The molecule has 3 atom stereocenters. The number of carbonyl (C=O) groups is 1. The quantitative estimate of drug-likeness (QED) is 0.750. The Morgan fingerprint density at radius 3 is 2.54 bits per heavy atom. The second kappa shape index (κ2) is 9.54. The van der Waals surface area contributed by atoms with Crippen LogP contribution in [0.3, 0.4) is 0 Å². The number of sulfone groups is 1. The molecular weight excluding hydrogens is 346 g/mol. The first-order valence-corrected chi connectivity index (χ1v) is 11.6. The highest BCUT2D eigenvalue weighted by molar-refractivity contribution is 7.92. The molecule has 0 spiro atoms. The van der Waals surface area contributed by atoms with Gasteiger partial charge in [-0.3, -0.25) is 4.79 Å². The molecule has 1 fully saturated rings. The van der Waals surface area contributed by atoms with Gasteiger partial charge >= 0.3 is 0 Å². The maximum atomic E-state index is 12.3. The molecule has 4 nitrogen and oxygen atoms in total. The van der Waals surface area contributed by atoms with Gasteiger partial charge in [0.05, 0.1) is 5.75 Å². The summed E-state index contributed by atoms with van der Waals surface area (Å²) in [5.41, 5.74) is 1.13. The number of carbonyl (C=O) groups excluding carboxylic acids is 1. The maximum Gasteiger partial charge on any atom is 0.235 e. The van der Waals surface area contributed by atoms with Gasteiger partial charge in [-0.2, -0.15) is 0 Å². The van der Waals surface area contributed by atoms with Crippen molar-refractivity contribution in [2.24, 2.45) is 17.8 Å². The fourth-order valence-electron chi connectivity index (χ4n) is 4.03. The van der Waals surface area contributed by atoms with Crippen molar-refractivity contribution in [3.63, 3.8) is 0 Å². The van der Waals surface area contributed by atoms with Crippen LogP contribution in [0.15, 0.2) is 30.3 Å². The summed E-state index contributed by atoms with van der Waals surface area (Å²) in [4.78, 5) is 12.3. The topological polar surface area (TPSA) is 63.2 Å². The summed E-state index contributed by atoms with van der Waals surface area (Å²) >= 11 is 0. The van der Waals surface area contributed by atoms with Gasteiger partial charge < -0.3 is 5.32 Å². The molecule has 1 N–H and O–H groups in total. The van der Waals surface area contributed by atoms with E-state index < -0.39 is 15.6 Å². The molecular formula is C21H33NO3S. The van der Waals surface area contributed by atoms with Crippen LogP contribution in [-0.2, 0) is 21.1 Å². The zero-order chi connectivity index (χ0) is 19.2. The van der Waals surface area contributed by atoms with Crippen molar-refractivity contribution >= 4 is 15.7 Å². The summed E-state index contributed by atoms with van der Waals surface area (Å²) < 4.78 is 24.6. The van der Waals surface area contributed by atoms with Crippen molar-refractivity contribution in [1.29, 1.82) is 0 Å². The highest BCUT2D eigenvalue weighted by atomic mass is 32.2. The number of hydrogen-bond acceptors (Lipinski definition) is 3. The van der Waals surface area contributed by atoms with E-state index in [2.05, 4.69) is 26.1 Å². The third-order valence-corrected chi connectivity index (χ3v) is 7.10. The molecule has 146 valence electrons. The Hall–Kier alpha value is -1.36. The third-order valence-electron chi connectivity index (χ3n) is 5.48. The van der Waals surface area contributed by atoms with E-state index >= 15 is 0 Å². The lowest BCUT2D eigenvalue weighted by Gasteiger charge is -2.37. The molecule has 1 amide bonds. The second-order valence-electron chi connectivity index (χ2n) is 8.18. The summed E-state index contributed by atoms with van der Waals surface area (Å²) in [6.45, 7) is 6.57. The van der Waals surface area contributed by atoms with Gasteiger partial charge in [-0.05, 0) is 49.0 Å². The van der Waals surface area contributed by atoms with Crippen LogP contribution >= 0.6 is 0 Å². The Kier molecular flexibility index (Phi) is 7.69. The molecule has 1 aliphatic carbocycles. The number of rotatable bonds is 8. The van der Waals surface area contributed by atoms with Crippen molar-refractivity contribution < 1.29 is 13.2 Å². The fourth-order valence-corrected chi connectivity index (χ4v) is 5.24. The normalized spacial score (nSPS) is 23.8. The minimum absolute atomic E-state index is 0.0595. The van der Waals surface area contributed by atoms with Crippen LogP contribution in [-0.4, -0.2) is 31.9 Å². The van der Waals surface area contributed by atoms with Gasteiger partial charge in [0, 0.05) is 6.04 Å². The molecule has 1 aliphatic rings. The first-order valence-electron chi connectivity index (χ1n) is 9.80. The summed E-state index contributed by atoms with van der Waals surface area (Å²) in [5, 5.41) is 3.03. The first kappa shape index (κ1) is 20.9. The highest BCUT2D eigenvalue weighted by Gasteiger charge is 2.32. The van der Waals surface area contributed by atoms with Crippen molar-refractivity contribution in [3.05, 3.63) is 35.9 Å². The summed E-state index contributed by atoms with van der Waals surface area (Å²) in [5.74, 6) is 0.847. The molecule has 0 saturated heterocycles. The Bertz CT molecular complexity index is 670. The lowest BCUT2D eigenvalue weighted by molar-refractivity contribution is -0.120. The zero-order valence-electron chi connectivity index (χ0n) is 16.3. The van der Waals surface area contributed by atoms with Crippen LogP contribution in [0.4, 0.5) is 0 Å². The molecule has 5 heteroatoms. The molecule has 0 bridgehead atoms. The Labute approximate surface area is 158 Å².